The molecule has 1 N–H and O–H groups in total. The fourth-order valence-corrected chi connectivity index (χ4v) is 2.30. The molecule has 0 bridgehead atoms. The second kappa shape index (κ2) is 6.63. The molecule has 0 spiro atoms. The van der Waals surface area contributed by atoms with Crippen LogP contribution in [0.25, 0.3) is 0 Å². The Morgan fingerprint density at radius 1 is 1.10 bits per heavy atom. The lowest BCUT2D eigenvalue weighted by molar-refractivity contribution is 0.532. The molecule has 1 heterocycles. The monoisotopic (exact) mass is 292 g/mol. The third-order valence-corrected chi connectivity index (χ3v) is 3.48. The van der Waals surface area contributed by atoms with E-state index in [-0.39, 0.29) is 5.41 Å². The van der Waals surface area contributed by atoms with Crippen molar-refractivity contribution in [1.29, 1.82) is 0 Å². The molecule has 0 radical (unpaired) electrons. The van der Waals surface area contributed by atoms with Gasteiger partial charge in [0, 0.05) is 30.6 Å². The zero-order valence-electron chi connectivity index (χ0n) is 15.2. The third kappa shape index (κ3) is 4.32. The van der Waals surface area contributed by atoms with Crippen LogP contribution in [0.3, 0.4) is 0 Å². The van der Waals surface area contributed by atoms with Gasteiger partial charge < -0.3 is 10.2 Å². The summed E-state index contributed by atoms with van der Waals surface area (Å²) in [6.07, 6.45) is 0. The van der Waals surface area contributed by atoms with E-state index < -0.39 is 0 Å². The lowest BCUT2D eigenvalue weighted by Gasteiger charge is -2.32. The van der Waals surface area contributed by atoms with E-state index in [0.717, 1.165) is 29.6 Å². The molecule has 0 saturated carbocycles. The fourth-order valence-electron chi connectivity index (χ4n) is 2.30. The van der Waals surface area contributed by atoms with Gasteiger partial charge in [0.2, 0.25) is 0 Å². The van der Waals surface area contributed by atoms with Crippen LogP contribution >= 0.6 is 0 Å². The second-order valence-electron chi connectivity index (χ2n) is 7.48. The smallest absolute Gasteiger partial charge is 0.138 e. The van der Waals surface area contributed by atoms with Crippen molar-refractivity contribution in [3.05, 3.63) is 11.4 Å². The van der Waals surface area contributed by atoms with E-state index in [0.29, 0.717) is 12.0 Å². The summed E-state index contributed by atoms with van der Waals surface area (Å²) in [6, 6.07) is 0.415. The van der Waals surface area contributed by atoms with Gasteiger partial charge in [0.1, 0.15) is 17.5 Å². The van der Waals surface area contributed by atoms with E-state index in [1.54, 1.807) is 0 Å². The SMILES string of the molecule is CNc1nc(C(C)(C)C)nc(N(CC(C)C)C(C)C)c1C. The fraction of sp³-hybridized carbons (Fsp3) is 0.765. The van der Waals surface area contributed by atoms with Crippen molar-refractivity contribution < 1.29 is 0 Å². The molecule has 0 fully saturated rings. The largest absolute Gasteiger partial charge is 0.373 e. The third-order valence-electron chi connectivity index (χ3n) is 3.48. The van der Waals surface area contributed by atoms with E-state index in [1.165, 1.54) is 0 Å². The first-order valence-corrected chi connectivity index (χ1v) is 7.91. The molecule has 0 aliphatic rings. The number of hydrogen-bond donors (Lipinski definition) is 1. The molecule has 0 amide bonds. The summed E-state index contributed by atoms with van der Waals surface area (Å²) in [5, 5.41) is 3.22. The van der Waals surface area contributed by atoms with E-state index >= 15 is 0 Å². The minimum Gasteiger partial charge on any atom is -0.373 e. The van der Waals surface area contributed by atoms with Crippen LogP contribution in [0.5, 0.6) is 0 Å². The number of hydrogen-bond acceptors (Lipinski definition) is 4. The Hall–Kier alpha value is -1.32. The van der Waals surface area contributed by atoms with Gasteiger partial charge in [0.15, 0.2) is 0 Å². The first-order valence-electron chi connectivity index (χ1n) is 7.91. The van der Waals surface area contributed by atoms with Gasteiger partial charge in [0.05, 0.1) is 0 Å². The van der Waals surface area contributed by atoms with Crippen LogP contribution in [-0.2, 0) is 5.41 Å². The normalized spacial score (nSPS) is 12.1. The van der Waals surface area contributed by atoms with Crippen molar-refractivity contribution in [2.24, 2.45) is 5.92 Å². The van der Waals surface area contributed by atoms with Crippen LogP contribution in [-0.4, -0.2) is 29.6 Å². The summed E-state index contributed by atoms with van der Waals surface area (Å²) in [6.45, 7) is 18.5. The number of nitrogens with one attached hydrogen (secondary N) is 1. The van der Waals surface area contributed by atoms with E-state index in [2.05, 4.69) is 65.6 Å². The highest BCUT2D eigenvalue weighted by Gasteiger charge is 2.24. The molecule has 0 unspecified atom stereocenters. The van der Waals surface area contributed by atoms with Crippen molar-refractivity contribution in [2.45, 2.75) is 66.8 Å². The molecule has 1 aromatic rings. The van der Waals surface area contributed by atoms with Crippen LogP contribution in [0.1, 0.15) is 59.9 Å². The maximum Gasteiger partial charge on any atom is 0.138 e. The predicted molar refractivity (Wildman–Crippen MR) is 92.3 cm³/mol. The standard InChI is InChI=1S/C17H32N4/c1-11(2)10-21(12(3)4)15-13(5)14(18-9)19-16(20-15)17(6,7)8/h11-12H,10H2,1-9H3,(H,18,19,20). The summed E-state index contributed by atoms with van der Waals surface area (Å²) in [5.41, 5.74) is 1.06. The Bertz CT molecular complexity index is 472. The van der Waals surface area contributed by atoms with Gasteiger partial charge in [-0.05, 0) is 26.7 Å². The lowest BCUT2D eigenvalue weighted by atomic mass is 9.95. The van der Waals surface area contributed by atoms with Crippen molar-refractivity contribution in [2.75, 3.05) is 23.8 Å². The number of rotatable bonds is 5. The van der Waals surface area contributed by atoms with Crippen molar-refractivity contribution in [3.63, 3.8) is 0 Å². The van der Waals surface area contributed by atoms with Gasteiger partial charge in [-0.25, -0.2) is 9.97 Å². The molecule has 1 aromatic heterocycles. The Morgan fingerprint density at radius 2 is 1.67 bits per heavy atom. The average molecular weight is 292 g/mol. The summed E-state index contributed by atoms with van der Waals surface area (Å²) >= 11 is 0. The molecular weight excluding hydrogens is 260 g/mol. The molecule has 0 atom stereocenters. The van der Waals surface area contributed by atoms with Gasteiger partial charge in [0.25, 0.3) is 0 Å². The number of aromatic nitrogens is 2. The lowest BCUT2D eigenvalue weighted by Crippen LogP contribution is -2.36. The first-order chi connectivity index (χ1) is 9.57. The highest BCUT2D eigenvalue weighted by Crippen LogP contribution is 2.29. The molecular formula is C17H32N4. The summed E-state index contributed by atoms with van der Waals surface area (Å²) < 4.78 is 0. The second-order valence-corrected chi connectivity index (χ2v) is 7.48. The summed E-state index contributed by atoms with van der Waals surface area (Å²) in [7, 11) is 1.92. The summed E-state index contributed by atoms with van der Waals surface area (Å²) in [5.74, 6) is 3.47. The molecule has 4 nitrogen and oxygen atoms in total. The van der Waals surface area contributed by atoms with Crippen molar-refractivity contribution in [1.82, 2.24) is 9.97 Å². The first kappa shape index (κ1) is 17.7. The molecule has 0 aliphatic heterocycles. The van der Waals surface area contributed by atoms with E-state index in [4.69, 9.17) is 9.97 Å². The topological polar surface area (TPSA) is 41.1 Å². The Labute approximate surface area is 130 Å². The van der Waals surface area contributed by atoms with Gasteiger partial charge in [-0.1, -0.05) is 34.6 Å². The molecule has 120 valence electrons. The molecule has 21 heavy (non-hydrogen) atoms. The maximum atomic E-state index is 4.90. The molecule has 0 aromatic carbocycles. The number of nitrogens with zero attached hydrogens (tertiary/aromatic N) is 3. The highest BCUT2D eigenvalue weighted by atomic mass is 15.2. The quantitative estimate of drug-likeness (QED) is 0.890. The predicted octanol–water partition coefficient (Wildman–Crippen LogP) is 4.00. The minimum atomic E-state index is -0.0610. The molecule has 1 rings (SSSR count). The van der Waals surface area contributed by atoms with Crippen LogP contribution < -0.4 is 10.2 Å². The van der Waals surface area contributed by atoms with Crippen LogP contribution in [0.15, 0.2) is 0 Å². The summed E-state index contributed by atoms with van der Waals surface area (Å²) in [4.78, 5) is 12.0. The maximum absolute atomic E-state index is 4.90. The van der Waals surface area contributed by atoms with Gasteiger partial charge in [-0.15, -0.1) is 0 Å². The van der Waals surface area contributed by atoms with Crippen molar-refractivity contribution in [3.8, 4) is 0 Å². The zero-order valence-corrected chi connectivity index (χ0v) is 15.2. The molecule has 0 aliphatic carbocycles. The number of anilines is 2. The van der Waals surface area contributed by atoms with Gasteiger partial charge in [-0.3, -0.25) is 0 Å². The Morgan fingerprint density at radius 3 is 2.05 bits per heavy atom. The van der Waals surface area contributed by atoms with Crippen LogP contribution in [0, 0.1) is 12.8 Å². The van der Waals surface area contributed by atoms with Crippen LogP contribution in [0.2, 0.25) is 0 Å². The average Bonchev–Trinajstić information content (AvgIpc) is 2.34. The van der Waals surface area contributed by atoms with Gasteiger partial charge in [-0.2, -0.15) is 0 Å². The van der Waals surface area contributed by atoms with Gasteiger partial charge >= 0.3 is 0 Å². The van der Waals surface area contributed by atoms with E-state index in [9.17, 15) is 0 Å². The minimum absolute atomic E-state index is 0.0610. The zero-order chi connectivity index (χ0) is 16.4. The molecule has 0 saturated heterocycles. The highest BCUT2D eigenvalue weighted by molar-refractivity contribution is 5.59. The van der Waals surface area contributed by atoms with Crippen molar-refractivity contribution >= 4 is 11.6 Å². The Kier molecular flexibility index (Phi) is 5.60. The Balaban J connectivity index is 3.44. The van der Waals surface area contributed by atoms with Crippen LogP contribution in [0.4, 0.5) is 11.6 Å². The van der Waals surface area contributed by atoms with E-state index in [1.807, 2.05) is 7.05 Å². The molecule has 4 heteroatoms.